The molecule has 1 amide bonds. The smallest absolute Gasteiger partial charge is 0.338 e. The Labute approximate surface area is 309 Å². The number of halogens is 3. The van der Waals surface area contributed by atoms with E-state index in [1.54, 1.807) is 48.4 Å². The number of anilines is 1. The van der Waals surface area contributed by atoms with Crippen molar-refractivity contribution in [3.05, 3.63) is 113 Å². The molecule has 0 aliphatic rings. The lowest BCUT2D eigenvalue weighted by Gasteiger charge is -2.06. The largest absolute Gasteiger partial charge is 0.478 e. The molecule has 7 aromatic rings. The van der Waals surface area contributed by atoms with Gasteiger partial charge in [-0.2, -0.15) is 10.2 Å². The van der Waals surface area contributed by atoms with Crippen LogP contribution in [0.5, 0.6) is 0 Å². The minimum Gasteiger partial charge on any atom is -0.478 e. The first-order valence-corrected chi connectivity index (χ1v) is 15.9. The van der Waals surface area contributed by atoms with Gasteiger partial charge in [-0.1, -0.05) is 11.3 Å². The summed E-state index contributed by atoms with van der Waals surface area (Å²) in [5.41, 5.74) is 7.84. The molecule has 5 heterocycles. The highest BCUT2D eigenvalue weighted by Crippen LogP contribution is 2.23. The second-order valence-corrected chi connectivity index (χ2v) is 11.4. The topological polar surface area (TPSA) is 218 Å². The van der Waals surface area contributed by atoms with Crippen LogP contribution in [0.2, 0.25) is 0 Å². The molecule has 0 unspecified atom stereocenters. The monoisotopic (exact) mass is 765 g/mol. The van der Waals surface area contributed by atoms with Crippen molar-refractivity contribution in [1.82, 2.24) is 45.0 Å². The molecule has 7 rings (SSSR count). The summed E-state index contributed by atoms with van der Waals surface area (Å²) in [7, 11) is 3.06. The number of esters is 1. The number of pyridine rings is 2. The molecule has 0 saturated carbocycles. The number of carboxylic acids is 1. The Balaban J connectivity index is 0.000000210. The van der Waals surface area contributed by atoms with Gasteiger partial charge in [-0.05, 0) is 48.5 Å². The number of fused-ring (bicyclic) bond motifs is 2. The van der Waals surface area contributed by atoms with Crippen LogP contribution in [0, 0.1) is 11.6 Å². The summed E-state index contributed by atoms with van der Waals surface area (Å²) in [5, 5.41) is 33.7. The molecule has 274 valence electrons. The number of carbonyl (C=O) groups is 3. The van der Waals surface area contributed by atoms with Crippen LogP contribution in [0.15, 0.2) is 85.7 Å². The number of benzene rings is 2. The Morgan fingerprint density at radius 3 is 1.75 bits per heavy atom. The van der Waals surface area contributed by atoms with Crippen LogP contribution < -0.4 is 16.4 Å². The van der Waals surface area contributed by atoms with Gasteiger partial charge in [-0.15, -0.1) is 22.6 Å². The number of aromatic nitrogens is 8. The Morgan fingerprint density at radius 1 is 0.811 bits per heavy atom. The van der Waals surface area contributed by atoms with Gasteiger partial charge in [-0.25, -0.2) is 22.9 Å². The summed E-state index contributed by atoms with van der Waals surface area (Å²) >= 11 is 1.37. The second-order valence-electron chi connectivity index (χ2n) is 10.3. The molecular formula is C33H30ClF2N11O5S. The molecule has 0 fully saturated rings. The van der Waals surface area contributed by atoms with Gasteiger partial charge in [0.25, 0.3) is 5.91 Å². The van der Waals surface area contributed by atoms with E-state index in [0.717, 1.165) is 0 Å². The fourth-order valence-corrected chi connectivity index (χ4v) is 5.20. The number of carboxylic acid groups (broad SMARTS) is 1. The van der Waals surface area contributed by atoms with Gasteiger partial charge in [0.15, 0.2) is 0 Å². The lowest BCUT2D eigenvalue weighted by atomic mass is 10.2. The van der Waals surface area contributed by atoms with Crippen molar-refractivity contribution < 1.29 is 33.0 Å². The molecule has 0 saturated heterocycles. The van der Waals surface area contributed by atoms with Crippen molar-refractivity contribution in [2.24, 2.45) is 5.73 Å². The van der Waals surface area contributed by atoms with E-state index in [0.29, 0.717) is 48.9 Å². The number of carbonyl (C=O) groups excluding carboxylic acids is 2. The van der Waals surface area contributed by atoms with Crippen LogP contribution in [0.1, 0.15) is 25.7 Å². The normalized spacial score (nSPS) is 10.3. The van der Waals surface area contributed by atoms with Crippen molar-refractivity contribution in [1.29, 1.82) is 0 Å². The molecule has 0 radical (unpaired) electrons. The SMILES string of the molecule is CNc1nnc(CNC(=O)c2cncc3c2cnn3-c2ccc(F)cc2)s1.COC(=O)CN.Cl.O=C(O)c1cncc2c1cnn2-c1ccc(F)cc1. The maximum absolute atomic E-state index is 13.2. The van der Waals surface area contributed by atoms with Gasteiger partial charge >= 0.3 is 11.9 Å². The number of hydrogen-bond acceptors (Lipinski definition) is 13. The zero-order valence-corrected chi connectivity index (χ0v) is 29.4. The van der Waals surface area contributed by atoms with Gasteiger partial charge in [0.05, 0.1) is 78.5 Å². The zero-order valence-electron chi connectivity index (χ0n) is 27.8. The molecule has 0 aliphatic carbocycles. The third-order valence-electron chi connectivity index (χ3n) is 7.09. The molecule has 20 heteroatoms. The van der Waals surface area contributed by atoms with Crippen LogP contribution in [-0.2, 0) is 16.1 Å². The average Bonchev–Trinajstić information content (AvgIpc) is 3.93. The summed E-state index contributed by atoms with van der Waals surface area (Å²) in [6.45, 7) is 0.233. The summed E-state index contributed by atoms with van der Waals surface area (Å²) in [6, 6.07) is 11.7. The molecule has 5 aromatic heterocycles. The van der Waals surface area contributed by atoms with Crippen molar-refractivity contribution in [3.63, 3.8) is 0 Å². The molecule has 16 nitrogen and oxygen atoms in total. The standard InChI is InChI=1S/C17H14FN7OS.C13H8FN3O2.C3H7NO2.ClH/c1-19-17-24-23-15(27-17)9-21-16(26)13-6-20-8-14-12(13)7-22-25(14)11-4-2-10(18)3-5-11;14-8-1-3-9(4-2-8)17-12-7-15-5-11(13(18)19)10(12)6-16-17;1-6-3(5)2-4;/h2-8H,9H2,1H3,(H,19,24)(H,21,26);1-7H,(H,18,19);2,4H2,1H3;1H. The van der Waals surface area contributed by atoms with Crippen LogP contribution in [-0.4, -0.2) is 83.4 Å². The first-order valence-electron chi connectivity index (χ1n) is 15.1. The zero-order chi connectivity index (χ0) is 37.2. The van der Waals surface area contributed by atoms with Crippen molar-refractivity contribution in [3.8, 4) is 11.4 Å². The quantitative estimate of drug-likeness (QED) is 0.160. The van der Waals surface area contributed by atoms with Crippen LogP contribution in [0.4, 0.5) is 13.9 Å². The van der Waals surface area contributed by atoms with E-state index < -0.39 is 5.97 Å². The predicted molar refractivity (Wildman–Crippen MR) is 194 cm³/mol. The molecule has 0 aliphatic heterocycles. The van der Waals surface area contributed by atoms with E-state index in [1.807, 2.05) is 0 Å². The number of rotatable bonds is 8. The maximum atomic E-state index is 13.2. The Bertz CT molecular complexity index is 2330. The molecule has 53 heavy (non-hydrogen) atoms. The van der Waals surface area contributed by atoms with E-state index in [2.05, 4.69) is 45.7 Å². The second kappa shape index (κ2) is 18.2. The Morgan fingerprint density at radius 2 is 1.32 bits per heavy atom. The van der Waals surface area contributed by atoms with Gasteiger partial charge in [0, 0.05) is 30.2 Å². The number of amides is 1. The van der Waals surface area contributed by atoms with Crippen molar-refractivity contribution in [2.75, 3.05) is 26.0 Å². The number of methoxy groups -OCH3 is 1. The third kappa shape index (κ3) is 9.47. The summed E-state index contributed by atoms with van der Waals surface area (Å²) in [6.07, 6.45) is 8.97. The van der Waals surface area contributed by atoms with Crippen molar-refractivity contribution in [2.45, 2.75) is 6.54 Å². The number of nitrogens with two attached hydrogens (primary N) is 1. The minimum absolute atomic E-state index is 0. The van der Waals surface area contributed by atoms with E-state index >= 15 is 0 Å². The highest BCUT2D eigenvalue weighted by molar-refractivity contribution is 7.15. The molecular weight excluding hydrogens is 736 g/mol. The first-order chi connectivity index (χ1) is 25.1. The maximum Gasteiger partial charge on any atom is 0.338 e. The summed E-state index contributed by atoms with van der Waals surface area (Å²) in [5.74, 6) is -2.39. The van der Waals surface area contributed by atoms with Crippen LogP contribution in [0.25, 0.3) is 33.2 Å². The Kier molecular flexibility index (Phi) is 13.5. The van der Waals surface area contributed by atoms with E-state index in [-0.39, 0.29) is 54.6 Å². The molecule has 0 bridgehead atoms. The van der Waals surface area contributed by atoms with E-state index in [9.17, 15) is 23.2 Å². The van der Waals surface area contributed by atoms with Gasteiger partial charge < -0.3 is 26.2 Å². The molecule has 5 N–H and O–H groups in total. The average molecular weight is 766 g/mol. The number of nitrogens with zero attached hydrogens (tertiary/aromatic N) is 8. The third-order valence-corrected chi connectivity index (χ3v) is 8.03. The minimum atomic E-state index is -1.06. The van der Waals surface area contributed by atoms with Gasteiger partial charge in [0.2, 0.25) is 5.13 Å². The fourth-order valence-electron chi connectivity index (χ4n) is 4.57. The van der Waals surface area contributed by atoms with Crippen LogP contribution >= 0.6 is 23.7 Å². The summed E-state index contributed by atoms with van der Waals surface area (Å²) < 4.78 is 33.3. The highest BCUT2D eigenvalue weighted by Gasteiger charge is 2.16. The first kappa shape index (κ1) is 39.3. The van der Waals surface area contributed by atoms with Crippen molar-refractivity contribution >= 4 is 68.5 Å². The number of nitrogens with one attached hydrogen (secondary N) is 2. The van der Waals surface area contributed by atoms with E-state index in [1.165, 1.54) is 72.2 Å². The van der Waals surface area contributed by atoms with Crippen LogP contribution in [0.3, 0.4) is 0 Å². The number of hydrogen-bond donors (Lipinski definition) is 4. The van der Waals surface area contributed by atoms with Gasteiger partial charge in [0.1, 0.15) is 16.6 Å². The molecule has 2 aromatic carbocycles. The molecule has 0 spiro atoms. The van der Waals surface area contributed by atoms with Gasteiger partial charge in [-0.3, -0.25) is 19.6 Å². The predicted octanol–water partition coefficient (Wildman–Crippen LogP) is 4.18. The summed E-state index contributed by atoms with van der Waals surface area (Å²) in [4.78, 5) is 41.6. The lowest BCUT2D eigenvalue weighted by Crippen LogP contribution is -2.23. The van der Waals surface area contributed by atoms with E-state index in [4.69, 9.17) is 10.8 Å². The molecule has 0 atom stereocenters. The Hall–Kier alpha value is -6.44. The fraction of sp³-hybridized carbons (Fsp3) is 0.121. The number of aromatic carboxylic acids is 1. The number of ether oxygens (including phenoxy) is 1. The lowest BCUT2D eigenvalue weighted by molar-refractivity contribution is -0.138. The highest BCUT2D eigenvalue weighted by atomic mass is 35.5.